The van der Waals surface area contributed by atoms with Crippen LogP contribution in [0.5, 0.6) is 0 Å². The molecule has 0 fully saturated rings. The number of carbonyl (C=O) groups is 1. The third kappa shape index (κ3) is 49.5. The first-order valence-corrected chi connectivity index (χ1v) is 27.7. The Morgan fingerprint density at radius 1 is 0.377 bits per heavy atom. The summed E-state index contributed by atoms with van der Waals surface area (Å²) in [6, 6.07) is -0.640. The number of aliphatic hydroxyl groups is 2. The fourth-order valence-corrected chi connectivity index (χ4v) is 8.60. The quantitative estimate of drug-likeness (QED) is 0.0422. The molecule has 0 bridgehead atoms. The van der Waals surface area contributed by atoms with E-state index in [9.17, 15) is 15.0 Å². The van der Waals surface area contributed by atoms with Crippen molar-refractivity contribution in [2.45, 2.75) is 315 Å². The van der Waals surface area contributed by atoms with Crippen LogP contribution in [0.3, 0.4) is 0 Å². The lowest BCUT2D eigenvalue weighted by Gasteiger charge is -2.19. The summed E-state index contributed by atoms with van der Waals surface area (Å²) in [5.74, 6) is -0.0721. The first-order chi connectivity index (χ1) is 30.2. The van der Waals surface area contributed by atoms with Gasteiger partial charge in [-0.05, 0) is 57.8 Å². The highest BCUT2D eigenvalue weighted by atomic mass is 16.3. The van der Waals surface area contributed by atoms with E-state index in [1.165, 1.54) is 250 Å². The molecule has 4 nitrogen and oxygen atoms in total. The Bertz CT molecular complexity index is 928. The smallest absolute Gasteiger partial charge is 0.220 e. The van der Waals surface area contributed by atoms with Gasteiger partial charge in [-0.3, -0.25) is 4.79 Å². The van der Waals surface area contributed by atoms with Crippen LogP contribution in [0.1, 0.15) is 303 Å². The Kier molecular flexibility index (Phi) is 51.7. The van der Waals surface area contributed by atoms with Gasteiger partial charge in [-0.2, -0.15) is 0 Å². The Hall–Kier alpha value is -1.39. The first kappa shape index (κ1) is 59.6. The highest BCUT2D eigenvalue weighted by Gasteiger charge is 2.18. The van der Waals surface area contributed by atoms with E-state index in [0.29, 0.717) is 6.42 Å². The van der Waals surface area contributed by atoms with Crippen LogP contribution >= 0.6 is 0 Å². The lowest BCUT2D eigenvalue weighted by molar-refractivity contribution is -0.123. The molecule has 0 rings (SSSR count). The summed E-state index contributed by atoms with van der Waals surface area (Å²) in [6.07, 6.45) is 71.6. The molecule has 0 aliphatic heterocycles. The van der Waals surface area contributed by atoms with Gasteiger partial charge in [0.2, 0.25) is 5.91 Å². The first-order valence-electron chi connectivity index (χ1n) is 27.7. The SMILES string of the molecule is CCCCCCCCCCCCCC/C=C\CCCCCCCCCCCC(=O)NC(CO)C(O)/C=C/CC/C=C/CCCCCCCCCCCCCCCCCCCC. The van der Waals surface area contributed by atoms with Gasteiger partial charge >= 0.3 is 0 Å². The molecule has 0 aromatic carbocycles. The Labute approximate surface area is 382 Å². The number of rotatable bonds is 51. The van der Waals surface area contributed by atoms with Crippen LogP contribution in [0.25, 0.3) is 0 Å². The highest BCUT2D eigenvalue weighted by Crippen LogP contribution is 2.17. The third-order valence-corrected chi connectivity index (χ3v) is 12.8. The van der Waals surface area contributed by atoms with Crippen molar-refractivity contribution in [3.8, 4) is 0 Å². The number of carbonyl (C=O) groups excluding carboxylic acids is 1. The van der Waals surface area contributed by atoms with E-state index in [-0.39, 0.29) is 12.5 Å². The van der Waals surface area contributed by atoms with Gasteiger partial charge in [0.05, 0.1) is 18.8 Å². The van der Waals surface area contributed by atoms with Crippen LogP contribution in [0.2, 0.25) is 0 Å². The minimum Gasteiger partial charge on any atom is -0.394 e. The molecule has 0 aliphatic rings. The third-order valence-electron chi connectivity index (χ3n) is 12.8. The summed E-state index contributed by atoms with van der Waals surface area (Å²) in [4.78, 5) is 12.5. The van der Waals surface area contributed by atoms with E-state index < -0.39 is 12.1 Å². The summed E-state index contributed by atoms with van der Waals surface area (Å²) in [6.45, 7) is 4.33. The van der Waals surface area contributed by atoms with E-state index in [0.717, 1.165) is 32.1 Å². The molecule has 0 spiro atoms. The second kappa shape index (κ2) is 53.0. The van der Waals surface area contributed by atoms with Crippen molar-refractivity contribution in [2.24, 2.45) is 0 Å². The van der Waals surface area contributed by atoms with Crippen LogP contribution in [0, 0.1) is 0 Å². The molecule has 2 unspecified atom stereocenters. The van der Waals surface area contributed by atoms with Crippen LogP contribution in [-0.4, -0.2) is 34.9 Å². The van der Waals surface area contributed by atoms with E-state index in [2.05, 4.69) is 43.5 Å². The van der Waals surface area contributed by atoms with Crippen LogP contribution in [-0.2, 0) is 4.79 Å². The molecule has 0 radical (unpaired) electrons. The number of hydrogen-bond donors (Lipinski definition) is 3. The highest BCUT2D eigenvalue weighted by molar-refractivity contribution is 5.76. The zero-order valence-electron chi connectivity index (χ0n) is 41.4. The van der Waals surface area contributed by atoms with Crippen LogP contribution in [0.4, 0.5) is 0 Å². The molecule has 0 saturated carbocycles. The Balaban J connectivity index is 3.53. The second-order valence-electron chi connectivity index (χ2n) is 19.0. The van der Waals surface area contributed by atoms with Gasteiger partial charge in [0.1, 0.15) is 0 Å². The van der Waals surface area contributed by atoms with Crippen molar-refractivity contribution in [3.05, 3.63) is 36.5 Å². The molecule has 3 N–H and O–H groups in total. The molecule has 4 heteroatoms. The average molecular weight is 857 g/mol. The molecule has 0 aliphatic carbocycles. The standard InChI is InChI=1S/C57H109NO3/c1-3-5-7-9-11-13-15-17-19-21-23-25-27-29-31-33-35-37-39-41-43-45-47-49-51-53-57(61)58-55(54-59)56(60)52-50-48-46-44-42-40-38-36-34-32-30-28-26-24-22-20-18-16-14-12-10-8-6-4-2/h29,31,42,44,50,52,55-56,59-60H,3-28,30,32-41,43,45-49,51,53-54H2,1-2H3,(H,58,61)/b31-29-,44-42+,52-50+. The lowest BCUT2D eigenvalue weighted by Crippen LogP contribution is -2.45. The molecule has 2 atom stereocenters. The van der Waals surface area contributed by atoms with Crippen LogP contribution < -0.4 is 5.32 Å². The summed E-state index contributed by atoms with van der Waals surface area (Å²) >= 11 is 0. The molecular weight excluding hydrogens is 747 g/mol. The number of allylic oxidation sites excluding steroid dienone is 5. The Morgan fingerprint density at radius 3 is 0.951 bits per heavy atom. The predicted octanol–water partition coefficient (Wildman–Crippen LogP) is 18.1. The minimum atomic E-state index is -0.863. The fourth-order valence-electron chi connectivity index (χ4n) is 8.60. The maximum absolute atomic E-state index is 12.5. The van der Waals surface area contributed by atoms with E-state index in [1.807, 2.05) is 6.08 Å². The summed E-state index contributed by atoms with van der Waals surface area (Å²) in [5.41, 5.74) is 0. The summed E-state index contributed by atoms with van der Waals surface area (Å²) in [5, 5.41) is 23.1. The van der Waals surface area contributed by atoms with Crippen molar-refractivity contribution in [3.63, 3.8) is 0 Å². The van der Waals surface area contributed by atoms with Gasteiger partial charge in [0.15, 0.2) is 0 Å². The van der Waals surface area contributed by atoms with Crippen molar-refractivity contribution in [1.82, 2.24) is 5.32 Å². The maximum Gasteiger partial charge on any atom is 0.220 e. The predicted molar refractivity (Wildman–Crippen MR) is 272 cm³/mol. The molecule has 0 aromatic heterocycles. The van der Waals surface area contributed by atoms with Crippen molar-refractivity contribution >= 4 is 5.91 Å². The number of nitrogens with one attached hydrogen (secondary N) is 1. The normalized spacial score (nSPS) is 13.0. The zero-order valence-corrected chi connectivity index (χ0v) is 41.4. The number of unbranched alkanes of at least 4 members (excludes halogenated alkanes) is 40. The van der Waals surface area contributed by atoms with Crippen molar-refractivity contribution in [1.29, 1.82) is 0 Å². The summed E-state index contributed by atoms with van der Waals surface area (Å²) in [7, 11) is 0. The second-order valence-corrected chi connectivity index (χ2v) is 19.0. The monoisotopic (exact) mass is 856 g/mol. The minimum absolute atomic E-state index is 0.0721. The number of amides is 1. The largest absolute Gasteiger partial charge is 0.394 e. The van der Waals surface area contributed by atoms with E-state index in [1.54, 1.807) is 6.08 Å². The number of aliphatic hydroxyl groups excluding tert-OH is 2. The van der Waals surface area contributed by atoms with E-state index in [4.69, 9.17) is 0 Å². The van der Waals surface area contributed by atoms with Crippen molar-refractivity contribution < 1.29 is 15.0 Å². The van der Waals surface area contributed by atoms with Gasteiger partial charge < -0.3 is 15.5 Å². The number of hydrogen-bond acceptors (Lipinski definition) is 3. The van der Waals surface area contributed by atoms with Crippen LogP contribution in [0.15, 0.2) is 36.5 Å². The topological polar surface area (TPSA) is 69.6 Å². The average Bonchev–Trinajstić information content (AvgIpc) is 3.26. The molecule has 0 aromatic rings. The zero-order chi connectivity index (χ0) is 44.2. The molecule has 61 heavy (non-hydrogen) atoms. The van der Waals surface area contributed by atoms with Gasteiger partial charge in [0, 0.05) is 6.42 Å². The van der Waals surface area contributed by atoms with Gasteiger partial charge in [0.25, 0.3) is 0 Å². The maximum atomic E-state index is 12.5. The molecule has 0 heterocycles. The van der Waals surface area contributed by atoms with Crippen molar-refractivity contribution in [2.75, 3.05) is 6.61 Å². The Morgan fingerprint density at radius 2 is 0.639 bits per heavy atom. The molecule has 0 saturated heterocycles. The van der Waals surface area contributed by atoms with Gasteiger partial charge in [-0.25, -0.2) is 0 Å². The molecule has 1 amide bonds. The summed E-state index contributed by atoms with van der Waals surface area (Å²) < 4.78 is 0. The lowest BCUT2D eigenvalue weighted by atomic mass is 10.0. The molecule has 360 valence electrons. The molecular formula is C57H109NO3. The fraction of sp³-hybridized carbons (Fsp3) is 0.877. The van der Waals surface area contributed by atoms with E-state index >= 15 is 0 Å². The van der Waals surface area contributed by atoms with Gasteiger partial charge in [-0.15, -0.1) is 0 Å². The van der Waals surface area contributed by atoms with Gasteiger partial charge in [-0.1, -0.05) is 275 Å².